The quantitative estimate of drug-likeness (QED) is 0.681. The number of benzene rings is 1. The molecule has 4 unspecified atom stereocenters. The predicted octanol–water partition coefficient (Wildman–Crippen LogP) is 4.01. The van der Waals surface area contributed by atoms with Crippen LogP contribution in [0.3, 0.4) is 0 Å². The lowest BCUT2D eigenvalue weighted by atomic mass is 9.78. The van der Waals surface area contributed by atoms with Gasteiger partial charge in [-0.2, -0.15) is 0 Å². The maximum absolute atomic E-state index is 11.6. The fourth-order valence-electron chi connectivity index (χ4n) is 3.98. The number of hydrogen-bond acceptors (Lipinski definition) is 4. The Hall–Kier alpha value is -0.730. The van der Waals surface area contributed by atoms with Gasteiger partial charge < -0.3 is 14.6 Å². The highest BCUT2D eigenvalue weighted by Gasteiger charge is 2.41. The monoisotopic (exact) mass is 467 g/mol. The summed E-state index contributed by atoms with van der Waals surface area (Å²) in [5.41, 5.74) is 1.01. The average molecular weight is 468 g/mol. The van der Waals surface area contributed by atoms with E-state index in [0.29, 0.717) is 29.1 Å². The molecule has 1 saturated heterocycles. The lowest BCUT2D eigenvalue weighted by molar-refractivity contribution is -0.150. The number of nitrogens with zero attached hydrogens (tertiary/aromatic N) is 1. The van der Waals surface area contributed by atoms with Gasteiger partial charge in [0.1, 0.15) is 0 Å². The van der Waals surface area contributed by atoms with Crippen LogP contribution in [0.5, 0.6) is 11.5 Å². The number of rotatable bonds is 3. The van der Waals surface area contributed by atoms with Crippen LogP contribution in [0.15, 0.2) is 12.1 Å². The van der Waals surface area contributed by atoms with Crippen molar-refractivity contribution in [1.29, 1.82) is 0 Å². The second-order valence-corrected chi connectivity index (χ2v) is 7.06. The van der Waals surface area contributed by atoms with E-state index in [2.05, 4.69) is 11.8 Å². The highest BCUT2D eigenvalue weighted by Crippen LogP contribution is 2.41. The van der Waals surface area contributed by atoms with Crippen LogP contribution < -0.4 is 9.47 Å². The first-order valence-corrected chi connectivity index (χ1v) is 8.33. The van der Waals surface area contributed by atoms with Crippen molar-refractivity contribution in [3.05, 3.63) is 22.7 Å². The van der Waals surface area contributed by atoms with Crippen molar-refractivity contribution in [2.45, 2.75) is 45.8 Å². The molecule has 1 N–H and O–H groups in total. The molecule has 0 aliphatic carbocycles. The Labute approximate surface area is 164 Å². The summed E-state index contributed by atoms with van der Waals surface area (Å²) in [6.07, 6.45) is 0.875. The Balaban J connectivity index is 0.00000208. The summed E-state index contributed by atoms with van der Waals surface area (Å²) in [5, 5.41) is 10.1. The van der Waals surface area contributed by atoms with E-state index in [0.717, 1.165) is 12.0 Å². The SMILES string of the molecule is CC1CC(C)N(Cc2cc(Cl)c3c(c2)OCO3)C(C)C1C(=O)O.I. The average Bonchev–Trinajstić information content (AvgIpc) is 2.91. The first kappa shape index (κ1) is 19.6. The van der Waals surface area contributed by atoms with E-state index in [1.807, 2.05) is 26.0 Å². The Bertz CT molecular complexity index is 627. The molecule has 0 radical (unpaired) electrons. The van der Waals surface area contributed by atoms with Gasteiger partial charge in [-0.25, -0.2) is 0 Å². The molecule has 0 aromatic heterocycles. The van der Waals surface area contributed by atoms with Crippen LogP contribution in [0.4, 0.5) is 0 Å². The third kappa shape index (κ3) is 3.60. The van der Waals surface area contributed by atoms with Crippen LogP contribution in [0.25, 0.3) is 0 Å². The number of likely N-dealkylation sites (tertiary alicyclic amines) is 1. The molecule has 0 saturated carbocycles. The molecule has 0 bridgehead atoms. The number of halogens is 2. The fraction of sp³-hybridized carbons (Fsp3) is 0.588. The van der Waals surface area contributed by atoms with Crippen LogP contribution in [-0.2, 0) is 11.3 Å². The van der Waals surface area contributed by atoms with Crippen LogP contribution >= 0.6 is 35.6 Å². The number of carboxylic acid groups (broad SMARTS) is 1. The lowest BCUT2D eigenvalue weighted by Crippen LogP contribution is -2.53. The third-order valence-corrected chi connectivity index (χ3v) is 5.35. The summed E-state index contributed by atoms with van der Waals surface area (Å²) in [7, 11) is 0. The number of hydrogen-bond donors (Lipinski definition) is 1. The smallest absolute Gasteiger partial charge is 0.308 e. The van der Waals surface area contributed by atoms with Gasteiger partial charge in [-0.3, -0.25) is 9.69 Å². The van der Waals surface area contributed by atoms with Crippen molar-refractivity contribution in [3.8, 4) is 11.5 Å². The molecular formula is C17H23ClINO4. The molecule has 24 heavy (non-hydrogen) atoms. The van der Waals surface area contributed by atoms with E-state index < -0.39 is 5.97 Å². The number of aliphatic carboxylic acids is 1. The number of carboxylic acids is 1. The van der Waals surface area contributed by atoms with Gasteiger partial charge in [-0.05, 0) is 43.9 Å². The van der Waals surface area contributed by atoms with Crippen molar-refractivity contribution in [2.24, 2.45) is 11.8 Å². The van der Waals surface area contributed by atoms with Gasteiger partial charge in [0.15, 0.2) is 11.5 Å². The number of carbonyl (C=O) groups is 1. The summed E-state index contributed by atoms with van der Waals surface area (Å²) < 4.78 is 10.8. The van der Waals surface area contributed by atoms with E-state index in [4.69, 9.17) is 21.1 Å². The van der Waals surface area contributed by atoms with Crippen molar-refractivity contribution in [3.63, 3.8) is 0 Å². The molecule has 2 aliphatic rings. The topological polar surface area (TPSA) is 59.0 Å². The van der Waals surface area contributed by atoms with Crippen molar-refractivity contribution in [1.82, 2.24) is 4.90 Å². The number of fused-ring (bicyclic) bond motifs is 1. The van der Waals surface area contributed by atoms with Crippen LogP contribution in [0, 0.1) is 11.8 Å². The van der Waals surface area contributed by atoms with Gasteiger partial charge >= 0.3 is 5.97 Å². The van der Waals surface area contributed by atoms with E-state index in [9.17, 15) is 9.90 Å². The molecular weight excluding hydrogens is 445 g/mol. The van der Waals surface area contributed by atoms with Gasteiger partial charge in [-0.15, -0.1) is 24.0 Å². The zero-order valence-electron chi connectivity index (χ0n) is 14.0. The van der Waals surface area contributed by atoms with E-state index in [1.165, 1.54) is 0 Å². The molecule has 1 aromatic carbocycles. The van der Waals surface area contributed by atoms with Gasteiger partial charge in [-0.1, -0.05) is 18.5 Å². The van der Waals surface area contributed by atoms with E-state index >= 15 is 0 Å². The molecule has 0 amide bonds. The summed E-state index contributed by atoms with van der Waals surface area (Å²) >= 11 is 6.25. The van der Waals surface area contributed by atoms with E-state index in [-0.39, 0.29) is 48.6 Å². The molecule has 0 spiro atoms. The van der Waals surface area contributed by atoms with Crippen LogP contribution in [0.2, 0.25) is 5.02 Å². The zero-order chi connectivity index (χ0) is 16.7. The van der Waals surface area contributed by atoms with Gasteiger partial charge in [0.2, 0.25) is 6.79 Å². The Morgan fingerprint density at radius 1 is 1.33 bits per heavy atom. The summed E-state index contributed by atoms with van der Waals surface area (Å²) in [4.78, 5) is 13.8. The summed E-state index contributed by atoms with van der Waals surface area (Å²) in [6.45, 7) is 7.02. The van der Waals surface area contributed by atoms with Crippen molar-refractivity contribution < 1.29 is 19.4 Å². The fourth-order valence-corrected chi connectivity index (χ4v) is 4.26. The first-order chi connectivity index (χ1) is 10.9. The molecule has 2 aliphatic heterocycles. The minimum absolute atomic E-state index is 0. The molecule has 5 nitrogen and oxygen atoms in total. The molecule has 4 atom stereocenters. The second-order valence-electron chi connectivity index (χ2n) is 6.65. The second kappa shape index (κ2) is 7.66. The Kier molecular flexibility index (Phi) is 6.25. The molecule has 1 aromatic rings. The Morgan fingerprint density at radius 3 is 2.71 bits per heavy atom. The summed E-state index contributed by atoms with van der Waals surface area (Å²) in [6, 6.07) is 4.10. The minimum Gasteiger partial charge on any atom is -0.481 e. The van der Waals surface area contributed by atoms with Gasteiger partial charge in [0, 0.05) is 18.6 Å². The normalized spacial score (nSPS) is 29.2. The molecule has 1 fully saturated rings. The highest BCUT2D eigenvalue weighted by atomic mass is 127. The number of ether oxygens (including phenoxy) is 2. The van der Waals surface area contributed by atoms with Gasteiger partial charge in [0.05, 0.1) is 10.9 Å². The highest BCUT2D eigenvalue weighted by molar-refractivity contribution is 14.0. The lowest BCUT2D eigenvalue weighted by Gasteiger charge is -2.45. The minimum atomic E-state index is -0.717. The standard InChI is InChI=1S/C17H22ClNO4.HI/c1-9-4-10(2)19(11(3)15(9)17(20)21)7-12-5-13(18)16-14(6-12)22-8-23-16;/h5-6,9-11,15H,4,7-8H2,1-3H3,(H,20,21);1H. The summed E-state index contributed by atoms with van der Waals surface area (Å²) in [5.74, 6) is 0.357. The Morgan fingerprint density at radius 2 is 2.04 bits per heavy atom. The largest absolute Gasteiger partial charge is 0.481 e. The number of piperidine rings is 1. The molecule has 7 heteroatoms. The van der Waals surface area contributed by atoms with Gasteiger partial charge in [0.25, 0.3) is 0 Å². The first-order valence-electron chi connectivity index (χ1n) is 7.95. The maximum atomic E-state index is 11.6. The van der Waals surface area contributed by atoms with Crippen molar-refractivity contribution in [2.75, 3.05) is 6.79 Å². The van der Waals surface area contributed by atoms with E-state index in [1.54, 1.807) is 0 Å². The molecule has 134 valence electrons. The molecule has 3 rings (SSSR count). The van der Waals surface area contributed by atoms with Crippen molar-refractivity contribution >= 4 is 41.5 Å². The predicted molar refractivity (Wildman–Crippen MR) is 102 cm³/mol. The van der Waals surface area contributed by atoms with Crippen LogP contribution in [0.1, 0.15) is 32.8 Å². The zero-order valence-corrected chi connectivity index (χ0v) is 17.1. The molecule has 2 heterocycles. The van der Waals surface area contributed by atoms with Crippen LogP contribution in [-0.4, -0.2) is 34.9 Å². The maximum Gasteiger partial charge on any atom is 0.308 e. The third-order valence-electron chi connectivity index (χ3n) is 5.07.